The van der Waals surface area contributed by atoms with Crippen LogP contribution in [0.2, 0.25) is 0 Å². The fourth-order valence-corrected chi connectivity index (χ4v) is 1.89. The van der Waals surface area contributed by atoms with Crippen molar-refractivity contribution in [2.75, 3.05) is 13.7 Å². The van der Waals surface area contributed by atoms with Crippen LogP contribution in [0.5, 0.6) is 0 Å². The lowest BCUT2D eigenvalue weighted by molar-refractivity contribution is 0.0176. The van der Waals surface area contributed by atoms with Crippen molar-refractivity contribution in [1.29, 1.82) is 0 Å². The molecule has 0 saturated carbocycles. The number of hydrogen-bond acceptors (Lipinski definition) is 3. The zero-order chi connectivity index (χ0) is 15.3. The van der Waals surface area contributed by atoms with Crippen LogP contribution in [0.25, 0.3) is 0 Å². The Bertz CT molecular complexity index is 471. The summed E-state index contributed by atoms with van der Waals surface area (Å²) in [6, 6.07) is 6.64. The standard InChI is InChI=1S/C16H23NO3/c1-11(18)12-6-8-13(9-7-12)15(19)17-10-14(20-5)16(2,3)4/h6-9,14H,10H2,1-5H3,(H,17,19)/t14-/m1/s1. The van der Waals surface area contributed by atoms with Crippen LogP contribution in [-0.4, -0.2) is 31.4 Å². The number of Topliss-reactive ketones (excluding diaryl/α,β-unsaturated/α-hetero) is 1. The number of nitrogens with one attached hydrogen (secondary N) is 1. The monoisotopic (exact) mass is 277 g/mol. The molecule has 110 valence electrons. The summed E-state index contributed by atoms with van der Waals surface area (Å²) in [4.78, 5) is 23.2. The summed E-state index contributed by atoms with van der Waals surface area (Å²) in [5.41, 5.74) is 1.10. The minimum atomic E-state index is -0.161. The largest absolute Gasteiger partial charge is 0.379 e. The van der Waals surface area contributed by atoms with Gasteiger partial charge in [0.2, 0.25) is 0 Å². The van der Waals surface area contributed by atoms with Crippen molar-refractivity contribution < 1.29 is 14.3 Å². The smallest absolute Gasteiger partial charge is 0.251 e. The zero-order valence-electron chi connectivity index (χ0n) is 12.8. The Balaban J connectivity index is 2.65. The summed E-state index contributed by atoms with van der Waals surface area (Å²) < 4.78 is 5.39. The van der Waals surface area contributed by atoms with Gasteiger partial charge in [-0.05, 0) is 24.5 Å². The van der Waals surface area contributed by atoms with Crippen molar-refractivity contribution in [2.24, 2.45) is 5.41 Å². The highest BCUT2D eigenvalue weighted by molar-refractivity contribution is 5.97. The Morgan fingerprint density at radius 3 is 2.05 bits per heavy atom. The van der Waals surface area contributed by atoms with Crippen LogP contribution < -0.4 is 5.32 Å². The maximum Gasteiger partial charge on any atom is 0.251 e. The molecule has 1 aromatic carbocycles. The van der Waals surface area contributed by atoms with Crippen molar-refractivity contribution in [3.05, 3.63) is 35.4 Å². The molecule has 1 rings (SSSR count). The molecule has 0 radical (unpaired) electrons. The summed E-state index contributed by atoms with van der Waals surface area (Å²) in [6.45, 7) is 8.15. The molecule has 1 N–H and O–H groups in total. The van der Waals surface area contributed by atoms with Gasteiger partial charge < -0.3 is 10.1 Å². The Labute approximate surface area is 120 Å². The van der Waals surface area contributed by atoms with E-state index < -0.39 is 0 Å². The van der Waals surface area contributed by atoms with E-state index in [-0.39, 0.29) is 23.2 Å². The molecule has 0 aliphatic rings. The number of carbonyl (C=O) groups excluding carboxylic acids is 2. The lowest BCUT2D eigenvalue weighted by Gasteiger charge is -2.29. The molecule has 0 aliphatic heterocycles. The van der Waals surface area contributed by atoms with Gasteiger partial charge in [-0.1, -0.05) is 32.9 Å². The molecular formula is C16H23NO3. The first-order valence-electron chi connectivity index (χ1n) is 6.67. The maximum atomic E-state index is 12.0. The average molecular weight is 277 g/mol. The van der Waals surface area contributed by atoms with Gasteiger partial charge in [0.1, 0.15) is 0 Å². The zero-order valence-corrected chi connectivity index (χ0v) is 12.8. The predicted octanol–water partition coefficient (Wildman–Crippen LogP) is 2.68. The van der Waals surface area contributed by atoms with Gasteiger partial charge in [0.15, 0.2) is 5.78 Å². The molecule has 4 nitrogen and oxygen atoms in total. The summed E-state index contributed by atoms with van der Waals surface area (Å²) in [7, 11) is 1.64. The highest BCUT2D eigenvalue weighted by atomic mass is 16.5. The topological polar surface area (TPSA) is 55.4 Å². The third kappa shape index (κ3) is 4.46. The molecule has 1 amide bonds. The average Bonchev–Trinajstić information content (AvgIpc) is 2.37. The first-order valence-corrected chi connectivity index (χ1v) is 6.67. The van der Waals surface area contributed by atoms with Gasteiger partial charge in [-0.3, -0.25) is 9.59 Å². The van der Waals surface area contributed by atoms with Crippen LogP contribution in [-0.2, 0) is 4.74 Å². The number of carbonyl (C=O) groups is 2. The lowest BCUT2D eigenvalue weighted by atomic mass is 9.89. The Kier molecular flexibility index (Phi) is 5.45. The van der Waals surface area contributed by atoms with E-state index in [0.29, 0.717) is 17.7 Å². The second-order valence-electron chi connectivity index (χ2n) is 5.93. The summed E-state index contributed by atoms with van der Waals surface area (Å²) >= 11 is 0. The van der Waals surface area contributed by atoms with Crippen LogP contribution in [0.1, 0.15) is 48.4 Å². The molecule has 4 heteroatoms. The number of rotatable bonds is 5. The maximum absolute atomic E-state index is 12.0. The van der Waals surface area contributed by atoms with Crippen molar-refractivity contribution in [2.45, 2.75) is 33.8 Å². The molecule has 0 bridgehead atoms. The van der Waals surface area contributed by atoms with E-state index in [1.54, 1.807) is 31.4 Å². The second-order valence-corrected chi connectivity index (χ2v) is 5.93. The molecule has 0 saturated heterocycles. The first kappa shape index (κ1) is 16.4. The van der Waals surface area contributed by atoms with Gasteiger partial charge in [0, 0.05) is 24.8 Å². The molecule has 0 fully saturated rings. The highest BCUT2D eigenvalue weighted by Crippen LogP contribution is 2.21. The summed E-state index contributed by atoms with van der Waals surface area (Å²) in [5, 5.41) is 2.86. The van der Waals surface area contributed by atoms with Crippen molar-refractivity contribution in [3.8, 4) is 0 Å². The van der Waals surface area contributed by atoms with E-state index in [4.69, 9.17) is 4.74 Å². The predicted molar refractivity (Wildman–Crippen MR) is 79.0 cm³/mol. The van der Waals surface area contributed by atoms with E-state index in [1.165, 1.54) is 6.92 Å². The fraction of sp³-hybridized carbons (Fsp3) is 0.500. The van der Waals surface area contributed by atoms with Crippen LogP contribution in [0, 0.1) is 5.41 Å². The van der Waals surface area contributed by atoms with Gasteiger partial charge in [0.05, 0.1) is 6.10 Å². The van der Waals surface area contributed by atoms with Gasteiger partial charge in [-0.25, -0.2) is 0 Å². The number of benzene rings is 1. The lowest BCUT2D eigenvalue weighted by Crippen LogP contribution is -2.40. The quantitative estimate of drug-likeness (QED) is 0.842. The molecule has 0 heterocycles. The number of ether oxygens (including phenoxy) is 1. The Hall–Kier alpha value is -1.68. The molecule has 1 atom stereocenters. The Morgan fingerprint density at radius 1 is 1.15 bits per heavy atom. The number of amides is 1. The number of methoxy groups -OCH3 is 1. The van der Waals surface area contributed by atoms with Gasteiger partial charge in [-0.15, -0.1) is 0 Å². The summed E-state index contributed by atoms with van der Waals surface area (Å²) in [6.07, 6.45) is -0.0528. The van der Waals surface area contributed by atoms with Crippen LogP contribution in [0.4, 0.5) is 0 Å². The van der Waals surface area contributed by atoms with Gasteiger partial charge in [0.25, 0.3) is 5.91 Å². The van der Waals surface area contributed by atoms with Crippen LogP contribution in [0.15, 0.2) is 24.3 Å². The van der Waals surface area contributed by atoms with Crippen molar-refractivity contribution >= 4 is 11.7 Å². The molecular weight excluding hydrogens is 254 g/mol. The van der Waals surface area contributed by atoms with E-state index in [2.05, 4.69) is 26.1 Å². The number of hydrogen-bond donors (Lipinski definition) is 1. The molecule has 0 unspecified atom stereocenters. The first-order chi connectivity index (χ1) is 9.25. The fourth-order valence-electron chi connectivity index (χ4n) is 1.89. The van der Waals surface area contributed by atoms with E-state index in [9.17, 15) is 9.59 Å². The summed E-state index contributed by atoms with van der Waals surface area (Å²) in [5.74, 6) is -0.171. The van der Waals surface area contributed by atoms with Crippen LogP contribution >= 0.6 is 0 Å². The van der Waals surface area contributed by atoms with Gasteiger partial charge in [-0.2, -0.15) is 0 Å². The second kappa shape index (κ2) is 6.66. The molecule has 0 aliphatic carbocycles. The van der Waals surface area contributed by atoms with Crippen molar-refractivity contribution in [1.82, 2.24) is 5.32 Å². The molecule has 20 heavy (non-hydrogen) atoms. The molecule has 1 aromatic rings. The van der Waals surface area contributed by atoms with E-state index in [1.807, 2.05) is 0 Å². The van der Waals surface area contributed by atoms with Crippen molar-refractivity contribution in [3.63, 3.8) is 0 Å². The normalized spacial score (nSPS) is 12.8. The molecule has 0 spiro atoms. The third-order valence-corrected chi connectivity index (χ3v) is 3.25. The highest BCUT2D eigenvalue weighted by Gasteiger charge is 2.24. The minimum absolute atomic E-state index is 0.0101. The minimum Gasteiger partial charge on any atom is -0.379 e. The van der Waals surface area contributed by atoms with E-state index >= 15 is 0 Å². The molecule has 0 aromatic heterocycles. The Morgan fingerprint density at radius 2 is 1.65 bits per heavy atom. The van der Waals surface area contributed by atoms with Crippen LogP contribution in [0.3, 0.4) is 0 Å². The number of ketones is 1. The van der Waals surface area contributed by atoms with E-state index in [0.717, 1.165) is 0 Å². The van der Waals surface area contributed by atoms with Gasteiger partial charge >= 0.3 is 0 Å². The SMILES string of the molecule is CO[C@H](CNC(=O)c1ccc(C(C)=O)cc1)C(C)(C)C. The third-order valence-electron chi connectivity index (χ3n) is 3.25.